The topological polar surface area (TPSA) is 135 Å². The Labute approximate surface area is 240 Å². The highest BCUT2D eigenvalue weighted by molar-refractivity contribution is 6.08. The lowest BCUT2D eigenvalue weighted by atomic mass is 9.64. The van der Waals surface area contributed by atoms with Gasteiger partial charge in [0.25, 0.3) is 0 Å². The maximum Gasteiger partial charge on any atom is 0.330 e. The van der Waals surface area contributed by atoms with Crippen LogP contribution in [0.5, 0.6) is 5.88 Å². The number of imidazole rings is 1. The van der Waals surface area contributed by atoms with Crippen molar-refractivity contribution in [3.8, 4) is 5.88 Å². The van der Waals surface area contributed by atoms with Gasteiger partial charge in [0.05, 0.1) is 24.2 Å². The lowest BCUT2D eigenvalue weighted by Crippen LogP contribution is -2.42. The summed E-state index contributed by atoms with van der Waals surface area (Å²) in [5, 5.41) is 0. The Kier molecular flexibility index (Phi) is 7.30. The van der Waals surface area contributed by atoms with E-state index in [1.807, 2.05) is 6.92 Å². The molecule has 0 radical (unpaired) electrons. The van der Waals surface area contributed by atoms with Crippen LogP contribution >= 0.6 is 0 Å². The van der Waals surface area contributed by atoms with Crippen LogP contribution in [0.15, 0.2) is 16.1 Å². The number of nitrogens with two attached hydrogens (primary N) is 1. The van der Waals surface area contributed by atoms with Crippen molar-refractivity contribution in [3.05, 3.63) is 27.6 Å². The number of carbonyl (C=O) groups is 2. The molecule has 1 saturated carbocycles. The zero-order valence-electron chi connectivity index (χ0n) is 24.6. The van der Waals surface area contributed by atoms with Gasteiger partial charge in [-0.25, -0.2) is 9.78 Å². The normalized spacial score (nSPS) is 31.1. The smallest absolute Gasteiger partial charge is 0.330 e. The summed E-state index contributed by atoms with van der Waals surface area (Å²) in [7, 11) is 3.77. The Hall–Kier alpha value is -3.05. The lowest BCUT2D eigenvalue weighted by Gasteiger charge is -2.40. The Morgan fingerprint density at radius 3 is 2.56 bits per heavy atom. The van der Waals surface area contributed by atoms with Gasteiger partial charge in [0.2, 0.25) is 17.5 Å². The van der Waals surface area contributed by atoms with Gasteiger partial charge in [-0.3, -0.25) is 23.6 Å². The van der Waals surface area contributed by atoms with E-state index in [0.29, 0.717) is 80.2 Å². The summed E-state index contributed by atoms with van der Waals surface area (Å²) in [4.78, 5) is 52.4. The van der Waals surface area contributed by atoms with Crippen LogP contribution in [0.2, 0.25) is 0 Å². The third kappa shape index (κ3) is 4.61. The van der Waals surface area contributed by atoms with Gasteiger partial charge in [-0.1, -0.05) is 6.42 Å². The molecule has 3 fully saturated rings. The van der Waals surface area contributed by atoms with E-state index < -0.39 is 11.2 Å². The Bertz CT molecular complexity index is 1480. The van der Waals surface area contributed by atoms with E-state index in [-0.39, 0.29) is 41.4 Å². The van der Waals surface area contributed by atoms with Crippen LogP contribution in [0, 0.1) is 5.41 Å². The number of likely N-dealkylation sites (N-methyl/N-ethyl adjacent to an activating group) is 1. The molecule has 6 rings (SSSR count). The predicted molar refractivity (Wildman–Crippen MR) is 153 cm³/mol. The standard InChI is InChI=1S/C30H42N6O5/c1-17-10-11-19(34(17)3)15-41-28-23-27(36(29(39)35(23)4)20-14-18(2)40-16-20)32-26(33-28)24(38)21-8-7-13-30(25(21)31)12-6-5-9-22(30)37/h17-20H,5-16,31H2,1-4H3/t17-,18-,19-,20+,30+/m0/s1. The molecular formula is C30H42N6O5. The number of rotatable bonds is 6. The second kappa shape index (κ2) is 10.7. The number of hydrogen-bond donors (Lipinski definition) is 1. The first kappa shape index (κ1) is 28.1. The summed E-state index contributed by atoms with van der Waals surface area (Å²) in [6.45, 7) is 4.94. The fourth-order valence-corrected chi connectivity index (χ4v) is 7.45. The maximum absolute atomic E-state index is 14.1. The number of aromatic nitrogens is 4. The average Bonchev–Trinajstić information content (AvgIpc) is 3.60. The van der Waals surface area contributed by atoms with Crippen LogP contribution in [0.1, 0.15) is 94.7 Å². The summed E-state index contributed by atoms with van der Waals surface area (Å²) >= 11 is 0. The Balaban J connectivity index is 1.45. The van der Waals surface area contributed by atoms with Gasteiger partial charge in [-0.2, -0.15) is 4.98 Å². The van der Waals surface area contributed by atoms with Crippen LogP contribution in [0.3, 0.4) is 0 Å². The number of ether oxygens (including phenoxy) is 2. The molecule has 11 nitrogen and oxygen atoms in total. The summed E-state index contributed by atoms with van der Waals surface area (Å²) in [5.41, 5.74) is 7.30. The Morgan fingerprint density at radius 2 is 1.88 bits per heavy atom. The highest BCUT2D eigenvalue weighted by Crippen LogP contribution is 2.47. The first-order valence-electron chi connectivity index (χ1n) is 15.1. The fourth-order valence-electron chi connectivity index (χ4n) is 7.45. The molecule has 0 amide bonds. The monoisotopic (exact) mass is 566 g/mol. The van der Waals surface area contributed by atoms with Gasteiger partial charge in [0, 0.05) is 36.8 Å². The van der Waals surface area contributed by atoms with E-state index in [4.69, 9.17) is 20.2 Å². The number of likely N-dealkylation sites (tertiary alicyclic amines) is 1. The minimum Gasteiger partial charge on any atom is -0.474 e. The molecule has 2 saturated heterocycles. The SMILES string of the molecule is C[C@H]1C[C@@H](n2c(=O)n(C)c3c(OC[C@@H]4CC[C@H](C)N4C)nc(C(=O)C4=C(N)[C@]5(CCCCC5=O)CCC4)nc32)CO1. The highest BCUT2D eigenvalue weighted by atomic mass is 16.5. The average molecular weight is 567 g/mol. The maximum atomic E-state index is 14.1. The van der Waals surface area contributed by atoms with Crippen molar-refractivity contribution in [2.45, 2.75) is 102 Å². The minimum atomic E-state index is -0.763. The molecule has 41 heavy (non-hydrogen) atoms. The molecule has 0 aromatic carbocycles. The lowest BCUT2D eigenvalue weighted by molar-refractivity contribution is -0.129. The predicted octanol–water partition coefficient (Wildman–Crippen LogP) is 3.05. The zero-order chi connectivity index (χ0) is 29.1. The van der Waals surface area contributed by atoms with E-state index in [1.54, 1.807) is 11.6 Å². The third-order valence-electron chi connectivity index (χ3n) is 10.2. The number of hydrogen-bond acceptors (Lipinski definition) is 9. The molecule has 0 unspecified atom stereocenters. The highest BCUT2D eigenvalue weighted by Gasteiger charge is 2.46. The van der Waals surface area contributed by atoms with E-state index in [9.17, 15) is 14.4 Å². The molecular weight excluding hydrogens is 524 g/mol. The molecule has 0 bridgehead atoms. The molecule has 2 aliphatic carbocycles. The van der Waals surface area contributed by atoms with Crippen molar-refractivity contribution in [2.75, 3.05) is 20.3 Å². The number of fused-ring (bicyclic) bond motifs is 1. The molecule has 222 valence electrons. The van der Waals surface area contributed by atoms with Crippen LogP contribution in [-0.2, 0) is 16.6 Å². The van der Waals surface area contributed by atoms with Crippen LogP contribution in [0.25, 0.3) is 11.2 Å². The van der Waals surface area contributed by atoms with Crippen molar-refractivity contribution in [1.29, 1.82) is 0 Å². The number of allylic oxidation sites excluding steroid dienone is 2. The molecule has 4 aliphatic rings. The molecule has 11 heteroatoms. The molecule has 2 aliphatic heterocycles. The third-order valence-corrected chi connectivity index (χ3v) is 10.2. The van der Waals surface area contributed by atoms with Gasteiger partial charge in [0.1, 0.15) is 12.4 Å². The number of ketones is 2. The van der Waals surface area contributed by atoms with Crippen LogP contribution in [0.4, 0.5) is 0 Å². The molecule has 5 atom stereocenters. The second-order valence-electron chi connectivity index (χ2n) is 12.6. The summed E-state index contributed by atoms with van der Waals surface area (Å²) in [5.74, 6) is -0.0914. The van der Waals surface area contributed by atoms with E-state index >= 15 is 0 Å². The molecule has 2 N–H and O–H groups in total. The van der Waals surface area contributed by atoms with Crippen LogP contribution in [-0.4, -0.2) is 74.0 Å². The molecule has 4 heterocycles. The van der Waals surface area contributed by atoms with Gasteiger partial charge in [-0.15, -0.1) is 0 Å². The minimum absolute atomic E-state index is 0.0112. The molecule has 2 aromatic heterocycles. The summed E-state index contributed by atoms with van der Waals surface area (Å²) in [6.07, 6.45) is 7.55. The molecule has 1 spiro atoms. The fraction of sp³-hybridized carbons (Fsp3) is 0.700. The largest absolute Gasteiger partial charge is 0.474 e. The first-order valence-corrected chi connectivity index (χ1v) is 15.1. The van der Waals surface area contributed by atoms with E-state index in [0.717, 1.165) is 25.7 Å². The Morgan fingerprint density at radius 1 is 1.10 bits per heavy atom. The van der Waals surface area contributed by atoms with Crippen molar-refractivity contribution in [2.24, 2.45) is 18.2 Å². The van der Waals surface area contributed by atoms with Crippen molar-refractivity contribution in [3.63, 3.8) is 0 Å². The van der Waals surface area contributed by atoms with Gasteiger partial charge < -0.3 is 15.2 Å². The summed E-state index contributed by atoms with van der Waals surface area (Å²) in [6, 6.07) is 0.444. The molecule has 2 aromatic rings. The van der Waals surface area contributed by atoms with Gasteiger partial charge in [-0.05, 0) is 72.3 Å². The number of aryl methyl sites for hydroxylation is 1. The number of Topliss-reactive ketones (excluding diaryl/α,β-unsaturated/α-hetero) is 2. The first-order chi connectivity index (χ1) is 19.6. The van der Waals surface area contributed by atoms with Gasteiger partial charge in [0.15, 0.2) is 11.2 Å². The second-order valence-corrected chi connectivity index (χ2v) is 12.6. The van der Waals surface area contributed by atoms with E-state index in [1.165, 1.54) is 4.57 Å². The zero-order valence-corrected chi connectivity index (χ0v) is 24.6. The van der Waals surface area contributed by atoms with Crippen LogP contribution < -0.4 is 16.2 Å². The number of nitrogens with zero attached hydrogens (tertiary/aromatic N) is 5. The van der Waals surface area contributed by atoms with Crippen molar-refractivity contribution in [1.82, 2.24) is 24.0 Å². The van der Waals surface area contributed by atoms with Crippen molar-refractivity contribution < 1.29 is 19.1 Å². The van der Waals surface area contributed by atoms with Crippen molar-refractivity contribution >= 4 is 22.7 Å². The van der Waals surface area contributed by atoms with E-state index in [2.05, 4.69) is 23.9 Å². The summed E-state index contributed by atoms with van der Waals surface area (Å²) < 4.78 is 15.3. The quantitative estimate of drug-likeness (QED) is 0.524. The van der Waals surface area contributed by atoms with Gasteiger partial charge >= 0.3 is 5.69 Å². The number of carbonyl (C=O) groups excluding carboxylic acids is 2.